The number of ether oxygens (including phenoxy) is 3. The molecule has 208 valence electrons. The molecule has 3 rings (SSSR count). The number of fused-ring (bicyclic) bond motifs is 1. The average molecular weight is 553 g/mol. The van der Waals surface area contributed by atoms with Crippen molar-refractivity contribution >= 4 is 30.8 Å². The Labute approximate surface area is 220 Å². The first kappa shape index (κ1) is 29.3. The molecule has 0 aliphatic heterocycles. The molecule has 0 aliphatic rings. The standard InChI is InChI=1S/C23H33N6O8P/c1-4-35-19(31)13-26-38(32,37-17-8-6-5-7-9-17)36-14-18(33-2)12-16(10-11-30)29-15-25-20-21(29)27-23(24)28-22(20)34-3/h5-9,15-16,18,30H,4,10-14H2,1-3H3,(H,26,32)(H2,24,27,28). The van der Waals surface area contributed by atoms with Gasteiger partial charge in [0.05, 0.1) is 32.8 Å². The number of methoxy groups -OCH3 is 2. The summed E-state index contributed by atoms with van der Waals surface area (Å²) >= 11 is 0. The second kappa shape index (κ2) is 14.0. The number of aliphatic hydroxyl groups is 1. The summed E-state index contributed by atoms with van der Waals surface area (Å²) in [5.74, 6) is -0.0807. The van der Waals surface area contributed by atoms with E-state index in [4.69, 9.17) is 29.0 Å². The fourth-order valence-electron chi connectivity index (χ4n) is 3.65. The minimum atomic E-state index is -4.01. The minimum absolute atomic E-state index is 0.0112. The van der Waals surface area contributed by atoms with E-state index in [2.05, 4.69) is 20.0 Å². The lowest BCUT2D eigenvalue weighted by Crippen LogP contribution is -2.29. The van der Waals surface area contributed by atoms with E-state index >= 15 is 0 Å². The number of para-hydroxylation sites is 1. The predicted octanol–water partition coefficient (Wildman–Crippen LogP) is 2.10. The highest BCUT2D eigenvalue weighted by molar-refractivity contribution is 7.52. The van der Waals surface area contributed by atoms with E-state index in [1.165, 1.54) is 14.2 Å². The number of aliphatic hydroxyl groups excluding tert-OH is 1. The van der Waals surface area contributed by atoms with E-state index in [1.807, 2.05) is 0 Å². The molecule has 0 saturated carbocycles. The number of nitrogens with zero attached hydrogens (tertiary/aromatic N) is 4. The zero-order valence-corrected chi connectivity index (χ0v) is 22.4. The lowest BCUT2D eigenvalue weighted by Gasteiger charge is -2.26. The van der Waals surface area contributed by atoms with Crippen LogP contribution in [0.25, 0.3) is 11.2 Å². The van der Waals surface area contributed by atoms with E-state index in [0.29, 0.717) is 24.0 Å². The van der Waals surface area contributed by atoms with Crippen molar-refractivity contribution in [1.82, 2.24) is 24.6 Å². The number of carbonyl (C=O) groups is 1. The highest BCUT2D eigenvalue weighted by atomic mass is 31.2. The van der Waals surface area contributed by atoms with Gasteiger partial charge in [-0.3, -0.25) is 9.32 Å². The molecule has 38 heavy (non-hydrogen) atoms. The first-order valence-electron chi connectivity index (χ1n) is 11.9. The van der Waals surface area contributed by atoms with Crippen LogP contribution >= 0.6 is 7.75 Å². The molecule has 2 aromatic heterocycles. The van der Waals surface area contributed by atoms with Gasteiger partial charge in [0.25, 0.3) is 0 Å². The van der Waals surface area contributed by atoms with Crippen LogP contribution in [0, 0.1) is 0 Å². The molecule has 15 heteroatoms. The van der Waals surface area contributed by atoms with Gasteiger partial charge in [-0.05, 0) is 31.9 Å². The Kier molecular flexibility index (Phi) is 10.8. The van der Waals surface area contributed by atoms with Gasteiger partial charge in [-0.1, -0.05) is 18.2 Å². The van der Waals surface area contributed by atoms with E-state index in [9.17, 15) is 14.5 Å². The van der Waals surface area contributed by atoms with Gasteiger partial charge in [0, 0.05) is 19.8 Å². The van der Waals surface area contributed by atoms with Crippen molar-refractivity contribution in [1.29, 1.82) is 0 Å². The van der Waals surface area contributed by atoms with Gasteiger partial charge in [0.1, 0.15) is 12.3 Å². The van der Waals surface area contributed by atoms with Crippen molar-refractivity contribution in [2.75, 3.05) is 46.3 Å². The Morgan fingerprint density at radius 3 is 2.66 bits per heavy atom. The molecule has 2 heterocycles. The van der Waals surface area contributed by atoms with Crippen molar-refractivity contribution in [3.05, 3.63) is 36.7 Å². The summed E-state index contributed by atoms with van der Waals surface area (Å²) in [5.41, 5.74) is 6.68. The quantitative estimate of drug-likeness (QED) is 0.174. The predicted molar refractivity (Wildman–Crippen MR) is 138 cm³/mol. The minimum Gasteiger partial charge on any atom is -0.479 e. The summed E-state index contributed by atoms with van der Waals surface area (Å²) in [5, 5.41) is 12.3. The van der Waals surface area contributed by atoms with Gasteiger partial charge in [-0.15, -0.1) is 0 Å². The van der Waals surface area contributed by atoms with E-state index in [1.54, 1.807) is 48.1 Å². The number of rotatable bonds is 16. The van der Waals surface area contributed by atoms with Crippen LogP contribution in [-0.2, 0) is 23.4 Å². The number of nitrogens with two attached hydrogens (primary N) is 1. The maximum Gasteiger partial charge on any atom is 0.459 e. The second-order valence-corrected chi connectivity index (χ2v) is 9.76. The monoisotopic (exact) mass is 552 g/mol. The number of carbonyl (C=O) groups excluding carboxylic acids is 1. The molecule has 0 bridgehead atoms. The Morgan fingerprint density at radius 1 is 1.24 bits per heavy atom. The zero-order valence-electron chi connectivity index (χ0n) is 21.5. The number of anilines is 1. The van der Waals surface area contributed by atoms with Crippen LogP contribution in [0.1, 0.15) is 25.8 Å². The summed E-state index contributed by atoms with van der Waals surface area (Å²) < 4.78 is 42.3. The third-order valence-electron chi connectivity index (χ3n) is 5.45. The van der Waals surface area contributed by atoms with Gasteiger partial charge in [0.2, 0.25) is 11.8 Å². The lowest BCUT2D eigenvalue weighted by atomic mass is 10.1. The van der Waals surface area contributed by atoms with Crippen LogP contribution in [0.2, 0.25) is 0 Å². The van der Waals surface area contributed by atoms with Crippen molar-refractivity contribution in [3.63, 3.8) is 0 Å². The summed E-state index contributed by atoms with van der Waals surface area (Å²) in [6.07, 6.45) is 1.61. The highest BCUT2D eigenvalue weighted by Gasteiger charge is 2.30. The summed E-state index contributed by atoms with van der Waals surface area (Å²) in [6, 6.07) is 8.07. The van der Waals surface area contributed by atoms with E-state index in [0.717, 1.165) is 0 Å². The number of imidazole rings is 1. The maximum absolute atomic E-state index is 13.5. The van der Waals surface area contributed by atoms with E-state index < -0.39 is 19.8 Å². The summed E-state index contributed by atoms with van der Waals surface area (Å²) in [7, 11) is -1.08. The number of hydrogen-bond acceptors (Lipinski definition) is 12. The third-order valence-corrected chi connectivity index (χ3v) is 6.93. The molecule has 0 saturated heterocycles. The van der Waals surface area contributed by atoms with Gasteiger partial charge < -0.3 is 34.1 Å². The van der Waals surface area contributed by atoms with Crippen molar-refractivity contribution in [3.8, 4) is 11.6 Å². The number of esters is 1. The zero-order chi connectivity index (χ0) is 27.5. The Morgan fingerprint density at radius 2 is 2.00 bits per heavy atom. The molecule has 0 amide bonds. The SMILES string of the molecule is CCOC(=O)CNP(=O)(OCC(CC(CCO)n1cnc2c(OC)nc(N)nc21)OC)Oc1ccccc1. The first-order chi connectivity index (χ1) is 18.3. The van der Waals surface area contributed by atoms with Gasteiger partial charge >= 0.3 is 13.7 Å². The van der Waals surface area contributed by atoms with Crippen LogP contribution < -0.4 is 20.1 Å². The topological polar surface area (TPSA) is 182 Å². The molecule has 0 fully saturated rings. The molecule has 3 unspecified atom stereocenters. The smallest absolute Gasteiger partial charge is 0.459 e. The molecule has 4 N–H and O–H groups in total. The normalized spacial score (nSPS) is 14.5. The van der Waals surface area contributed by atoms with Crippen molar-refractivity contribution in [2.24, 2.45) is 0 Å². The molecular weight excluding hydrogens is 519 g/mol. The molecule has 3 aromatic rings. The number of aromatic nitrogens is 4. The second-order valence-electron chi connectivity index (χ2n) is 8.01. The van der Waals surface area contributed by atoms with Gasteiger partial charge in [0.15, 0.2) is 11.2 Å². The molecule has 0 spiro atoms. The number of hydrogen-bond donors (Lipinski definition) is 3. The summed E-state index contributed by atoms with van der Waals surface area (Å²) in [6.45, 7) is 1.17. The highest BCUT2D eigenvalue weighted by Crippen LogP contribution is 2.44. The number of benzene rings is 1. The van der Waals surface area contributed by atoms with Crippen molar-refractivity contribution < 1.29 is 37.7 Å². The van der Waals surface area contributed by atoms with E-state index in [-0.39, 0.29) is 50.0 Å². The fraction of sp³-hybridized carbons (Fsp3) is 0.478. The molecular formula is C23H33N6O8P. The van der Waals surface area contributed by atoms with Crippen LogP contribution in [0.15, 0.2) is 36.7 Å². The van der Waals surface area contributed by atoms with Crippen LogP contribution in [0.5, 0.6) is 11.6 Å². The Bertz CT molecular complexity index is 1230. The van der Waals surface area contributed by atoms with Crippen molar-refractivity contribution in [2.45, 2.75) is 31.9 Å². The molecule has 0 radical (unpaired) electrons. The first-order valence-corrected chi connectivity index (χ1v) is 13.4. The number of nitrogens with one attached hydrogen (secondary N) is 1. The number of nitrogen functional groups attached to an aromatic ring is 1. The van der Waals surface area contributed by atoms with Gasteiger partial charge in [-0.2, -0.15) is 9.97 Å². The molecule has 1 aromatic carbocycles. The maximum atomic E-state index is 13.5. The largest absolute Gasteiger partial charge is 0.479 e. The third kappa shape index (κ3) is 7.85. The van der Waals surface area contributed by atoms with Crippen LogP contribution in [-0.4, -0.2) is 77.3 Å². The Hall–Kier alpha value is -3.29. The fourth-order valence-corrected chi connectivity index (χ4v) is 4.94. The van der Waals surface area contributed by atoms with Crippen LogP contribution in [0.4, 0.5) is 5.95 Å². The molecule has 14 nitrogen and oxygen atoms in total. The lowest BCUT2D eigenvalue weighted by molar-refractivity contribution is -0.141. The molecule has 0 aliphatic carbocycles. The molecule has 3 atom stereocenters. The van der Waals surface area contributed by atoms with Crippen LogP contribution in [0.3, 0.4) is 0 Å². The Balaban J connectivity index is 1.77. The summed E-state index contributed by atoms with van der Waals surface area (Å²) in [4.78, 5) is 24.5. The van der Waals surface area contributed by atoms with Gasteiger partial charge in [-0.25, -0.2) is 14.6 Å². The average Bonchev–Trinajstić information content (AvgIpc) is 3.33.